The van der Waals surface area contributed by atoms with E-state index in [1.165, 1.54) is 12.1 Å². The number of guanidine groups is 2. The maximum absolute atomic E-state index is 13.1. The second kappa shape index (κ2) is 10.6. The number of hydrogen-bond donors (Lipinski definition) is 3. The smallest absolute Gasteiger partial charge is 0.332 e. The maximum atomic E-state index is 13.1. The number of rotatable bonds is 8. The monoisotopic (exact) mass is 538 g/mol. The molecule has 2 heterocycles. The lowest BCUT2D eigenvalue weighted by Gasteiger charge is -2.38. The number of nitrogens with one attached hydrogen (secondary N) is 1. The number of nitrogens with zero attached hydrogens (tertiary/aromatic N) is 4. The highest BCUT2D eigenvalue weighted by molar-refractivity contribution is 7.86. The summed E-state index contributed by atoms with van der Waals surface area (Å²) in [5.41, 5.74) is 14.3. The number of nitrogens with two attached hydrogens (primary N) is 2. The Kier molecular flexibility index (Phi) is 7.44. The number of hydrogen-bond acceptors (Lipinski definition) is 8. The van der Waals surface area contributed by atoms with Crippen LogP contribution in [0, 0.1) is 0 Å². The predicted octanol–water partition coefficient (Wildman–Crippen LogP) is 2.44. The van der Waals surface area contributed by atoms with Crippen LogP contribution in [0.2, 0.25) is 0 Å². The fourth-order valence-electron chi connectivity index (χ4n) is 4.25. The molecule has 0 saturated carbocycles. The molecule has 2 aromatic carbocycles. The Morgan fingerprint density at radius 2 is 1.82 bits per heavy atom. The number of anilines is 2. The van der Waals surface area contributed by atoms with Gasteiger partial charge in [-0.1, -0.05) is 24.3 Å². The molecule has 5 N–H and O–H groups in total. The Balaban J connectivity index is 1.37. The van der Waals surface area contributed by atoms with E-state index in [2.05, 4.69) is 15.3 Å². The molecule has 0 atom stereocenters. The zero-order valence-electron chi connectivity index (χ0n) is 21.0. The summed E-state index contributed by atoms with van der Waals surface area (Å²) >= 11 is 0. The molecule has 1 aliphatic heterocycles. The highest BCUT2D eigenvalue weighted by atomic mass is 32.3. The molecular formula is C26H29FN7O3S+. The van der Waals surface area contributed by atoms with E-state index < -0.39 is 15.9 Å². The number of carbonyl (C=O) groups excluding carboxylic acids is 1. The first-order valence-corrected chi connectivity index (χ1v) is 13.2. The van der Waals surface area contributed by atoms with Crippen molar-refractivity contribution in [3.63, 3.8) is 0 Å². The van der Waals surface area contributed by atoms with Crippen molar-refractivity contribution in [1.29, 1.82) is 0 Å². The van der Waals surface area contributed by atoms with Gasteiger partial charge in [-0.25, -0.2) is 4.99 Å². The molecule has 10 nitrogen and oxygen atoms in total. The van der Waals surface area contributed by atoms with Gasteiger partial charge in [-0.05, 0) is 56.2 Å². The first kappa shape index (κ1) is 26.7. The van der Waals surface area contributed by atoms with E-state index in [9.17, 15) is 17.1 Å². The molecule has 3 aromatic rings. The number of pyridine rings is 1. The predicted molar refractivity (Wildman–Crippen MR) is 144 cm³/mol. The molecule has 0 unspecified atom stereocenters. The number of halogens is 1. The van der Waals surface area contributed by atoms with E-state index in [4.69, 9.17) is 11.5 Å². The Bertz CT molecular complexity index is 1520. The zero-order chi connectivity index (χ0) is 27.5. The van der Waals surface area contributed by atoms with E-state index in [-0.39, 0.29) is 29.1 Å². The lowest BCUT2D eigenvalue weighted by Crippen LogP contribution is -2.54. The minimum absolute atomic E-state index is 0.129. The van der Waals surface area contributed by atoms with E-state index in [0.29, 0.717) is 18.7 Å². The second-order valence-corrected chi connectivity index (χ2v) is 10.7. The average Bonchev–Trinajstić information content (AvgIpc) is 2.82. The minimum Gasteiger partial charge on any atom is -0.369 e. The third kappa shape index (κ3) is 6.51. The van der Waals surface area contributed by atoms with Crippen molar-refractivity contribution in [1.82, 2.24) is 0 Å². The number of aryl methyl sites for hydroxylation is 1. The van der Waals surface area contributed by atoms with E-state index in [1.54, 1.807) is 35.4 Å². The third-order valence-corrected chi connectivity index (χ3v) is 6.75. The normalized spacial score (nSPS) is 15.0. The average molecular weight is 539 g/mol. The zero-order valence-corrected chi connectivity index (χ0v) is 21.8. The van der Waals surface area contributed by atoms with Crippen molar-refractivity contribution in [3.05, 3.63) is 84.2 Å². The molecule has 12 heteroatoms. The van der Waals surface area contributed by atoms with Crippen molar-refractivity contribution in [2.24, 2.45) is 21.5 Å². The van der Waals surface area contributed by atoms with Gasteiger partial charge in [-0.15, -0.1) is 3.89 Å². The van der Waals surface area contributed by atoms with Crippen molar-refractivity contribution in [2.45, 2.75) is 43.8 Å². The van der Waals surface area contributed by atoms with Crippen LogP contribution < -0.4 is 26.3 Å². The van der Waals surface area contributed by atoms with Crippen LogP contribution in [0.4, 0.5) is 15.3 Å². The summed E-state index contributed by atoms with van der Waals surface area (Å²) in [6.07, 6.45) is 4.35. The van der Waals surface area contributed by atoms with Gasteiger partial charge >= 0.3 is 10.2 Å². The molecule has 0 bridgehead atoms. The van der Waals surface area contributed by atoms with Crippen LogP contribution >= 0.6 is 0 Å². The van der Waals surface area contributed by atoms with Gasteiger partial charge in [0.05, 0.1) is 4.90 Å². The molecule has 4 rings (SSSR count). The molecule has 0 spiro atoms. The summed E-state index contributed by atoms with van der Waals surface area (Å²) in [6.45, 7) is 4.19. The molecule has 38 heavy (non-hydrogen) atoms. The van der Waals surface area contributed by atoms with Crippen molar-refractivity contribution in [3.8, 4) is 0 Å². The van der Waals surface area contributed by atoms with E-state index in [1.807, 2.05) is 48.9 Å². The van der Waals surface area contributed by atoms with Gasteiger partial charge in [-0.2, -0.15) is 18.0 Å². The van der Waals surface area contributed by atoms with Crippen molar-refractivity contribution in [2.75, 3.05) is 10.2 Å². The molecule has 0 saturated heterocycles. The molecule has 1 amide bonds. The molecule has 1 aliphatic rings. The highest BCUT2D eigenvalue weighted by Gasteiger charge is 2.33. The maximum Gasteiger partial charge on any atom is 0.332 e. The third-order valence-electron chi connectivity index (χ3n) is 5.92. The number of carbonyl (C=O) groups is 1. The van der Waals surface area contributed by atoms with Crippen LogP contribution in [0.5, 0.6) is 0 Å². The largest absolute Gasteiger partial charge is 0.369 e. The quantitative estimate of drug-likeness (QED) is 0.296. The SMILES string of the molecule is CC1(C)N=C(N)N=C(N)N1c1cccc(CCC(=O)Nc2ccc[n+](Cc3ccc(S(=O)(=O)F)cc3)c2)c1. The summed E-state index contributed by atoms with van der Waals surface area (Å²) in [5, 5.41) is 2.90. The van der Waals surface area contributed by atoms with Crippen molar-refractivity contribution >= 4 is 39.4 Å². The number of amides is 1. The van der Waals surface area contributed by atoms with Gasteiger partial charge in [0.2, 0.25) is 17.8 Å². The van der Waals surface area contributed by atoms with Crippen LogP contribution in [-0.4, -0.2) is 31.9 Å². The van der Waals surface area contributed by atoms with Crippen LogP contribution in [-0.2, 0) is 28.0 Å². The van der Waals surface area contributed by atoms with Crippen LogP contribution in [0.15, 0.2) is 87.9 Å². The molecule has 0 radical (unpaired) electrons. The second-order valence-electron chi connectivity index (χ2n) is 9.33. The summed E-state index contributed by atoms with van der Waals surface area (Å²) in [6, 6.07) is 16.8. The Hall–Kier alpha value is -4.32. The van der Waals surface area contributed by atoms with Gasteiger partial charge in [0, 0.05) is 23.7 Å². The summed E-state index contributed by atoms with van der Waals surface area (Å²) in [4.78, 5) is 22.5. The lowest BCUT2D eigenvalue weighted by molar-refractivity contribution is -0.687. The summed E-state index contributed by atoms with van der Waals surface area (Å²) < 4.78 is 36.9. The van der Waals surface area contributed by atoms with Crippen LogP contribution in [0.25, 0.3) is 0 Å². The van der Waals surface area contributed by atoms with Gasteiger partial charge in [0.15, 0.2) is 18.9 Å². The standard InChI is InChI=1S/C26H28FN7O3S/c1-26(2)32-24(28)31-25(29)34(26)21-7-3-5-18(15-21)10-13-23(35)30-20-6-4-14-33(17-20)16-19-8-11-22(12-9-19)38(27,36)37/h3-9,11-12,14-15,17H,10,13,16H2,1-2H3,(H4-,28,29,30,31,32,35)/p+1. The summed E-state index contributed by atoms with van der Waals surface area (Å²) in [7, 11) is -4.73. The fourth-order valence-corrected chi connectivity index (χ4v) is 4.71. The molecule has 198 valence electrons. The number of benzene rings is 2. The highest BCUT2D eigenvalue weighted by Crippen LogP contribution is 2.28. The van der Waals surface area contributed by atoms with Crippen molar-refractivity contribution < 1.29 is 21.7 Å². The Morgan fingerprint density at radius 3 is 2.50 bits per heavy atom. The topological polar surface area (TPSA) is 147 Å². The fraction of sp³-hybridized carbons (Fsp3) is 0.231. The van der Waals surface area contributed by atoms with Gasteiger partial charge in [0.25, 0.3) is 0 Å². The first-order chi connectivity index (χ1) is 17.9. The summed E-state index contributed by atoms with van der Waals surface area (Å²) in [5.74, 6) is 0.226. The van der Waals surface area contributed by atoms with Crippen LogP contribution in [0.3, 0.4) is 0 Å². The Labute approximate surface area is 220 Å². The molecular weight excluding hydrogens is 509 g/mol. The number of aliphatic imine (C=N–C) groups is 2. The van der Waals surface area contributed by atoms with Gasteiger partial charge in [-0.3, -0.25) is 9.69 Å². The van der Waals surface area contributed by atoms with Gasteiger partial charge in [0.1, 0.15) is 11.4 Å². The van der Waals surface area contributed by atoms with E-state index >= 15 is 0 Å². The van der Waals surface area contributed by atoms with Crippen LogP contribution in [0.1, 0.15) is 31.4 Å². The number of aromatic nitrogens is 1. The lowest BCUT2D eigenvalue weighted by atomic mass is 10.1. The molecule has 0 aliphatic carbocycles. The molecule has 1 aromatic heterocycles. The minimum atomic E-state index is -4.73. The first-order valence-electron chi connectivity index (χ1n) is 11.8. The van der Waals surface area contributed by atoms with Gasteiger partial charge < -0.3 is 16.8 Å². The molecule has 0 fully saturated rings. The Morgan fingerprint density at radius 1 is 1.08 bits per heavy atom. The van der Waals surface area contributed by atoms with E-state index in [0.717, 1.165) is 16.8 Å².